The van der Waals surface area contributed by atoms with Gasteiger partial charge in [-0.25, -0.2) is 4.79 Å². The van der Waals surface area contributed by atoms with Crippen LogP contribution in [-0.2, 0) is 4.79 Å². The van der Waals surface area contributed by atoms with Gasteiger partial charge in [0.1, 0.15) is 0 Å². The maximum absolute atomic E-state index is 10.2. The molecule has 2 N–H and O–H groups in total. The van der Waals surface area contributed by atoms with Gasteiger partial charge in [0.15, 0.2) is 6.10 Å². The molecule has 0 radical (unpaired) electrons. The van der Waals surface area contributed by atoms with Gasteiger partial charge in [0, 0.05) is 4.91 Å². The number of carboxylic acid groups (broad SMARTS) is 1. The molecule has 0 unspecified atom stereocenters. The number of hydrogen-bond acceptors (Lipinski definition) is 3. The fraction of sp³-hybridized carbons (Fsp3) is 0.800. The van der Waals surface area contributed by atoms with Crippen LogP contribution in [0.4, 0.5) is 0 Å². The van der Waals surface area contributed by atoms with E-state index in [4.69, 9.17) is 15.7 Å². The van der Waals surface area contributed by atoms with Gasteiger partial charge >= 0.3 is 5.97 Å². The molecule has 0 aliphatic rings. The highest BCUT2D eigenvalue weighted by Gasteiger charge is 2.32. The summed E-state index contributed by atoms with van der Waals surface area (Å²) in [5.74, 6) is -1.40. The van der Waals surface area contributed by atoms with Crippen molar-refractivity contribution in [2.45, 2.75) is 25.5 Å². The summed E-state index contributed by atoms with van der Waals surface area (Å²) in [6, 6.07) is 0. The van der Waals surface area contributed by atoms with Gasteiger partial charge in [-0.2, -0.15) is 0 Å². The van der Waals surface area contributed by atoms with Crippen molar-refractivity contribution in [3.8, 4) is 0 Å². The first-order valence-electron chi connectivity index (χ1n) is 2.89. The maximum atomic E-state index is 10.2. The van der Waals surface area contributed by atoms with E-state index in [1.807, 2.05) is 0 Å². The minimum Gasteiger partial charge on any atom is -0.479 e. The molecule has 0 fully saturated rings. The van der Waals surface area contributed by atoms with Crippen LogP contribution in [0.1, 0.15) is 13.8 Å². The van der Waals surface area contributed by atoms with Crippen molar-refractivity contribution < 1.29 is 15.0 Å². The van der Waals surface area contributed by atoms with E-state index in [-0.39, 0.29) is 0 Å². The third-order valence-electron chi connectivity index (χ3n) is 1.21. The molecule has 0 aromatic carbocycles. The lowest BCUT2D eigenvalue weighted by molar-refractivity contribution is -0.149. The zero-order chi connectivity index (χ0) is 9.07. The molecule has 6 nitrogen and oxygen atoms in total. The normalized spacial score (nSPS) is 13.4. The SMILES string of the molecule is CC(C)(N=[N+]=[N-])[C@@H](O)C(=O)O. The Morgan fingerprint density at radius 1 is 1.73 bits per heavy atom. The van der Waals surface area contributed by atoms with Gasteiger partial charge in [-0.05, 0) is 5.53 Å². The Morgan fingerprint density at radius 2 is 2.18 bits per heavy atom. The third-order valence-corrected chi connectivity index (χ3v) is 1.21. The standard InChI is InChI=1S/C5H9N3O3/c1-5(2,7-8-6)3(9)4(10)11/h3,9H,1-2H3,(H,10,11)/t3-/m0/s1. The Balaban J connectivity index is 4.54. The second-order valence-electron chi connectivity index (χ2n) is 2.58. The summed E-state index contributed by atoms with van der Waals surface area (Å²) >= 11 is 0. The summed E-state index contributed by atoms with van der Waals surface area (Å²) in [4.78, 5) is 12.6. The van der Waals surface area contributed by atoms with E-state index in [1.165, 1.54) is 13.8 Å². The van der Waals surface area contributed by atoms with Crippen LogP contribution in [0, 0.1) is 0 Å². The lowest BCUT2D eigenvalue weighted by Gasteiger charge is -2.20. The van der Waals surface area contributed by atoms with E-state index in [2.05, 4.69) is 10.0 Å². The molecule has 0 aliphatic carbocycles. The van der Waals surface area contributed by atoms with E-state index in [1.54, 1.807) is 0 Å². The van der Waals surface area contributed by atoms with Gasteiger partial charge in [-0.15, -0.1) is 0 Å². The second-order valence-corrected chi connectivity index (χ2v) is 2.58. The molecule has 0 spiro atoms. The van der Waals surface area contributed by atoms with Crippen molar-refractivity contribution in [2.24, 2.45) is 5.11 Å². The van der Waals surface area contributed by atoms with Gasteiger partial charge in [0.2, 0.25) is 0 Å². The van der Waals surface area contributed by atoms with Crippen LogP contribution in [0.15, 0.2) is 5.11 Å². The lowest BCUT2D eigenvalue weighted by atomic mass is 9.99. The molecule has 0 aromatic rings. The van der Waals surface area contributed by atoms with Gasteiger partial charge in [-0.3, -0.25) is 0 Å². The number of carbonyl (C=O) groups is 1. The minimum absolute atomic E-state index is 1.30. The fourth-order valence-corrected chi connectivity index (χ4v) is 0.472. The van der Waals surface area contributed by atoms with Gasteiger partial charge in [-0.1, -0.05) is 19.0 Å². The van der Waals surface area contributed by atoms with Crippen LogP contribution in [0.3, 0.4) is 0 Å². The number of aliphatic hydroxyl groups excluding tert-OH is 1. The molecular formula is C5H9N3O3. The second kappa shape index (κ2) is 3.23. The van der Waals surface area contributed by atoms with E-state index in [0.29, 0.717) is 0 Å². The Kier molecular flexibility index (Phi) is 2.86. The zero-order valence-electron chi connectivity index (χ0n) is 6.22. The Morgan fingerprint density at radius 3 is 2.45 bits per heavy atom. The highest BCUT2D eigenvalue weighted by molar-refractivity contribution is 5.73. The number of aliphatic hydroxyl groups is 1. The summed E-state index contributed by atoms with van der Waals surface area (Å²) in [7, 11) is 0. The lowest BCUT2D eigenvalue weighted by Crippen LogP contribution is -2.40. The largest absolute Gasteiger partial charge is 0.479 e. The number of rotatable bonds is 3. The fourth-order valence-electron chi connectivity index (χ4n) is 0.472. The number of azide groups is 1. The van der Waals surface area contributed by atoms with E-state index in [9.17, 15) is 4.79 Å². The highest BCUT2D eigenvalue weighted by Crippen LogP contribution is 2.14. The quantitative estimate of drug-likeness (QED) is 0.356. The van der Waals surface area contributed by atoms with Crippen LogP contribution < -0.4 is 0 Å². The maximum Gasteiger partial charge on any atom is 0.333 e. The van der Waals surface area contributed by atoms with Crippen molar-refractivity contribution in [2.75, 3.05) is 0 Å². The average molecular weight is 159 g/mol. The molecule has 0 bridgehead atoms. The molecular weight excluding hydrogens is 150 g/mol. The minimum atomic E-state index is -1.67. The zero-order valence-corrected chi connectivity index (χ0v) is 6.22. The molecule has 62 valence electrons. The van der Waals surface area contributed by atoms with Gasteiger partial charge < -0.3 is 10.2 Å². The average Bonchev–Trinajstić information content (AvgIpc) is 1.86. The van der Waals surface area contributed by atoms with Crippen LogP contribution in [0.2, 0.25) is 0 Å². The summed E-state index contributed by atoms with van der Waals surface area (Å²) in [6.45, 7) is 2.68. The third kappa shape index (κ3) is 2.45. The molecule has 0 amide bonds. The molecule has 0 rings (SSSR count). The number of nitrogens with zero attached hydrogens (tertiary/aromatic N) is 3. The van der Waals surface area contributed by atoms with Crippen LogP contribution in [0.5, 0.6) is 0 Å². The molecule has 0 saturated heterocycles. The number of hydrogen-bond donors (Lipinski definition) is 2. The van der Waals surface area contributed by atoms with E-state index >= 15 is 0 Å². The Hall–Kier alpha value is -1.26. The molecule has 1 atom stereocenters. The van der Waals surface area contributed by atoms with Crippen molar-refractivity contribution >= 4 is 5.97 Å². The van der Waals surface area contributed by atoms with E-state index < -0.39 is 17.6 Å². The Bertz CT molecular complexity index is 207. The van der Waals surface area contributed by atoms with E-state index in [0.717, 1.165) is 0 Å². The summed E-state index contributed by atoms with van der Waals surface area (Å²) in [5, 5.41) is 20.4. The first-order valence-corrected chi connectivity index (χ1v) is 2.89. The van der Waals surface area contributed by atoms with Crippen molar-refractivity contribution in [3.05, 3.63) is 10.4 Å². The van der Waals surface area contributed by atoms with Crippen molar-refractivity contribution in [1.29, 1.82) is 0 Å². The topological polar surface area (TPSA) is 106 Å². The molecule has 0 heterocycles. The Labute approximate surface area is 63.1 Å². The smallest absolute Gasteiger partial charge is 0.333 e. The van der Waals surface area contributed by atoms with Crippen LogP contribution in [0.25, 0.3) is 10.4 Å². The predicted octanol–water partition coefficient (Wildman–Crippen LogP) is 0.521. The highest BCUT2D eigenvalue weighted by atomic mass is 16.4. The molecule has 11 heavy (non-hydrogen) atoms. The number of aliphatic carboxylic acids is 1. The van der Waals surface area contributed by atoms with Gasteiger partial charge in [0.05, 0.1) is 5.54 Å². The van der Waals surface area contributed by atoms with Crippen LogP contribution >= 0.6 is 0 Å². The van der Waals surface area contributed by atoms with Crippen molar-refractivity contribution in [1.82, 2.24) is 0 Å². The number of carboxylic acids is 1. The van der Waals surface area contributed by atoms with Crippen molar-refractivity contribution in [3.63, 3.8) is 0 Å². The monoisotopic (exact) mass is 159 g/mol. The summed E-state index contributed by atoms with van der Waals surface area (Å²) < 4.78 is 0. The van der Waals surface area contributed by atoms with Gasteiger partial charge in [0.25, 0.3) is 0 Å². The molecule has 6 heteroatoms. The first-order chi connectivity index (χ1) is 4.91. The molecule has 0 aliphatic heterocycles. The van der Waals surface area contributed by atoms with Crippen LogP contribution in [-0.4, -0.2) is 27.8 Å². The summed E-state index contributed by atoms with van der Waals surface area (Å²) in [6.07, 6.45) is -1.67. The molecule has 0 saturated carbocycles. The predicted molar refractivity (Wildman–Crippen MR) is 36.9 cm³/mol. The first kappa shape index (κ1) is 9.74. The summed E-state index contributed by atoms with van der Waals surface area (Å²) in [5.41, 5.74) is 6.68. The molecule has 0 aromatic heterocycles.